The van der Waals surface area contributed by atoms with Gasteiger partial charge in [0.1, 0.15) is 6.04 Å². The molecule has 0 radical (unpaired) electrons. The molecular formula is C30H42F3N3O3. The molecular weight excluding hydrogens is 507 g/mol. The quantitative estimate of drug-likeness (QED) is 0.207. The summed E-state index contributed by atoms with van der Waals surface area (Å²) in [6.07, 6.45) is 10.9. The third kappa shape index (κ3) is 11.5. The molecule has 2 heterocycles. The SMILES string of the molecule is CCCCCCCCCCNC(c1ccccn1)C(F)(F)F.O=C(O)c1ccc(C2CC2)c(OCC2CC2)n1. The van der Waals surface area contributed by atoms with E-state index in [9.17, 15) is 18.0 Å². The van der Waals surface area contributed by atoms with E-state index in [1.165, 1.54) is 57.2 Å². The van der Waals surface area contributed by atoms with Gasteiger partial charge in [-0.15, -0.1) is 0 Å². The van der Waals surface area contributed by atoms with Gasteiger partial charge in [0.15, 0.2) is 5.69 Å². The summed E-state index contributed by atoms with van der Waals surface area (Å²) in [5.41, 5.74) is 1.19. The highest BCUT2D eigenvalue weighted by Gasteiger charge is 2.41. The monoisotopic (exact) mass is 549 g/mol. The number of aromatic nitrogens is 2. The topological polar surface area (TPSA) is 84.3 Å². The molecule has 0 saturated heterocycles. The largest absolute Gasteiger partial charge is 0.477 e. The first-order valence-electron chi connectivity index (χ1n) is 14.4. The Hall–Kier alpha value is -2.68. The fraction of sp³-hybridized carbons (Fsp3) is 0.633. The van der Waals surface area contributed by atoms with E-state index in [2.05, 4.69) is 22.2 Å². The van der Waals surface area contributed by atoms with Gasteiger partial charge in [0.05, 0.1) is 12.3 Å². The van der Waals surface area contributed by atoms with Crippen LogP contribution in [0, 0.1) is 5.92 Å². The Kier molecular flexibility index (Phi) is 12.5. The average molecular weight is 550 g/mol. The summed E-state index contributed by atoms with van der Waals surface area (Å²) in [5.74, 6) is 0.722. The zero-order chi connectivity index (χ0) is 28.1. The van der Waals surface area contributed by atoms with E-state index < -0.39 is 18.2 Å². The van der Waals surface area contributed by atoms with Crippen LogP contribution in [0.25, 0.3) is 0 Å². The molecule has 2 fully saturated rings. The number of hydrogen-bond acceptors (Lipinski definition) is 5. The number of ether oxygens (including phenoxy) is 1. The number of rotatable bonds is 16. The second kappa shape index (κ2) is 15.8. The Morgan fingerprint density at radius 2 is 1.72 bits per heavy atom. The van der Waals surface area contributed by atoms with Crippen LogP contribution in [0.1, 0.15) is 118 Å². The highest BCUT2D eigenvalue weighted by molar-refractivity contribution is 5.85. The first-order chi connectivity index (χ1) is 18.8. The lowest BCUT2D eigenvalue weighted by Crippen LogP contribution is -2.35. The molecule has 2 aromatic heterocycles. The lowest BCUT2D eigenvalue weighted by atomic mass is 10.1. The number of halogens is 3. The van der Waals surface area contributed by atoms with E-state index in [1.807, 2.05) is 6.07 Å². The molecule has 2 aliphatic rings. The van der Waals surface area contributed by atoms with Crippen LogP contribution in [-0.4, -0.2) is 40.4 Å². The molecule has 39 heavy (non-hydrogen) atoms. The zero-order valence-corrected chi connectivity index (χ0v) is 22.9. The van der Waals surface area contributed by atoms with Gasteiger partial charge in [-0.1, -0.05) is 64.0 Å². The number of nitrogens with zero attached hydrogens (tertiary/aromatic N) is 2. The minimum absolute atomic E-state index is 0.0366. The van der Waals surface area contributed by atoms with Crippen LogP contribution < -0.4 is 10.1 Å². The number of carbonyl (C=O) groups is 1. The number of carboxylic acid groups (broad SMARTS) is 1. The second-order valence-electron chi connectivity index (χ2n) is 10.6. The summed E-state index contributed by atoms with van der Waals surface area (Å²) in [4.78, 5) is 18.8. The molecule has 0 amide bonds. The fourth-order valence-corrected chi connectivity index (χ4v) is 4.31. The average Bonchev–Trinajstić information content (AvgIpc) is 3.83. The maximum Gasteiger partial charge on any atom is 0.409 e. The minimum atomic E-state index is -4.31. The van der Waals surface area contributed by atoms with Crippen LogP contribution in [0.5, 0.6) is 5.88 Å². The number of aromatic carboxylic acids is 1. The maximum absolute atomic E-state index is 13.1. The molecule has 2 aliphatic carbocycles. The standard InChI is InChI=1S/C17H27F3N2.C13H15NO3/c1-2-3-4-5-6-7-8-10-14-22-16(17(18,19)20)15-12-9-11-13-21-15;15-13(16)11-6-5-10(9-3-4-9)12(14-11)17-7-8-1-2-8/h9,11-13,16,22H,2-8,10,14H2,1H3;5-6,8-9H,1-4,7H2,(H,15,16). The van der Waals surface area contributed by atoms with Gasteiger partial charge in [-0.05, 0) is 68.7 Å². The first-order valence-corrected chi connectivity index (χ1v) is 14.4. The van der Waals surface area contributed by atoms with Crippen LogP contribution >= 0.6 is 0 Å². The summed E-state index contributed by atoms with van der Waals surface area (Å²) in [6, 6.07) is 6.38. The van der Waals surface area contributed by atoms with Gasteiger partial charge >= 0.3 is 12.1 Å². The molecule has 1 atom stereocenters. The van der Waals surface area contributed by atoms with Crippen LogP contribution in [-0.2, 0) is 0 Å². The number of alkyl halides is 3. The molecule has 0 aromatic carbocycles. The Bertz CT molecular complexity index is 996. The highest BCUT2D eigenvalue weighted by atomic mass is 19.4. The van der Waals surface area contributed by atoms with Crippen LogP contribution in [0.2, 0.25) is 0 Å². The van der Waals surface area contributed by atoms with Gasteiger partial charge in [0, 0.05) is 11.8 Å². The number of hydrogen-bond donors (Lipinski definition) is 2. The summed E-state index contributed by atoms with van der Waals surface area (Å²) in [6.45, 7) is 3.23. The van der Waals surface area contributed by atoms with Gasteiger partial charge < -0.3 is 15.2 Å². The fourth-order valence-electron chi connectivity index (χ4n) is 4.31. The van der Waals surface area contributed by atoms with Crippen LogP contribution in [0.4, 0.5) is 13.2 Å². The first kappa shape index (κ1) is 30.9. The smallest absolute Gasteiger partial charge is 0.409 e. The van der Waals surface area contributed by atoms with E-state index in [-0.39, 0.29) is 11.4 Å². The lowest BCUT2D eigenvalue weighted by molar-refractivity contribution is -0.158. The van der Waals surface area contributed by atoms with Crippen molar-refractivity contribution in [3.05, 3.63) is 53.5 Å². The summed E-state index contributed by atoms with van der Waals surface area (Å²) in [5, 5.41) is 11.5. The normalized spacial score (nSPS) is 15.8. The van der Waals surface area contributed by atoms with E-state index in [0.29, 0.717) is 30.9 Å². The van der Waals surface area contributed by atoms with Gasteiger partial charge in [0.2, 0.25) is 5.88 Å². The number of pyridine rings is 2. The van der Waals surface area contributed by atoms with Gasteiger partial charge in [-0.25, -0.2) is 9.78 Å². The Labute approximate surface area is 229 Å². The summed E-state index contributed by atoms with van der Waals surface area (Å²) in [7, 11) is 0. The minimum Gasteiger partial charge on any atom is -0.477 e. The highest BCUT2D eigenvalue weighted by Crippen LogP contribution is 2.44. The molecule has 2 N–H and O–H groups in total. The molecule has 1 unspecified atom stereocenters. The molecule has 0 spiro atoms. The molecule has 0 aliphatic heterocycles. The van der Waals surface area contributed by atoms with Crippen molar-refractivity contribution in [3.8, 4) is 5.88 Å². The van der Waals surface area contributed by atoms with Crippen molar-refractivity contribution in [2.45, 2.75) is 102 Å². The lowest BCUT2D eigenvalue weighted by Gasteiger charge is -2.21. The van der Waals surface area contributed by atoms with Gasteiger partial charge in [0.25, 0.3) is 0 Å². The summed E-state index contributed by atoms with van der Waals surface area (Å²) < 4.78 is 44.8. The number of nitrogens with one attached hydrogen (secondary N) is 1. The molecule has 0 bridgehead atoms. The predicted octanol–water partition coefficient (Wildman–Crippen LogP) is 7.86. The molecule has 4 rings (SSSR count). The van der Waals surface area contributed by atoms with Gasteiger partial charge in [-0.3, -0.25) is 4.98 Å². The van der Waals surface area contributed by atoms with E-state index >= 15 is 0 Å². The van der Waals surface area contributed by atoms with E-state index in [4.69, 9.17) is 9.84 Å². The van der Waals surface area contributed by atoms with Crippen molar-refractivity contribution in [1.82, 2.24) is 15.3 Å². The molecule has 2 saturated carbocycles. The molecule has 216 valence electrons. The molecule has 9 heteroatoms. The second-order valence-corrected chi connectivity index (χ2v) is 10.6. The number of unbranched alkanes of at least 4 members (excludes halogenated alkanes) is 7. The Morgan fingerprint density at radius 3 is 2.28 bits per heavy atom. The van der Waals surface area contributed by atoms with Crippen molar-refractivity contribution in [2.24, 2.45) is 5.92 Å². The van der Waals surface area contributed by atoms with Crippen molar-refractivity contribution in [1.29, 1.82) is 0 Å². The molecule has 2 aromatic rings. The van der Waals surface area contributed by atoms with Crippen molar-refractivity contribution >= 4 is 5.97 Å². The van der Waals surface area contributed by atoms with Gasteiger partial charge in [-0.2, -0.15) is 13.2 Å². The third-order valence-electron chi connectivity index (χ3n) is 6.97. The maximum atomic E-state index is 13.1. The van der Waals surface area contributed by atoms with E-state index in [0.717, 1.165) is 37.7 Å². The Balaban J connectivity index is 0.000000221. The van der Waals surface area contributed by atoms with Crippen molar-refractivity contribution in [3.63, 3.8) is 0 Å². The Morgan fingerprint density at radius 1 is 1.03 bits per heavy atom. The molecule has 6 nitrogen and oxygen atoms in total. The van der Waals surface area contributed by atoms with E-state index in [1.54, 1.807) is 18.2 Å². The zero-order valence-electron chi connectivity index (χ0n) is 22.9. The van der Waals surface area contributed by atoms with Crippen molar-refractivity contribution in [2.75, 3.05) is 13.2 Å². The third-order valence-corrected chi connectivity index (χ3v) is 6.97. The number of carboxylic acids is 1. The van der Waals surface area contributed by atoms with Crippen molar-refractivity contribution < 1.29 is 27.8 Å². The van der Waals surface area contributed by atoms with Crippen LogP contribution in [0.3, 0.4) is 0 Å². The predicted molar refractivity (Wildman–Crippen MR) is 145 cm³/mol. The van der Waals surface area contributed by atoms with Crippen LogP contribution in [0.15, 0.2) is 36.5 Å². The summed E-state index contributed by atoms with van der Waals surface area (Å²) >= 11 is 0.